The first-order valence-electron chi connectivity index (χ1n) is 17.4. The van der Waals surface area contributed by atoms with Crippen LogP contribution in [0.15, 0.2) is 36.4 Å². The normalized spacial score (nSPS) is 22.0. The van der Waals surface area contributed by atoms with Crippen LogP contribution >= 0.6 is 0 Å². The zero-order chi connectivity index (χ0) is 34.1. The van der Waals surface area contributed by atoms with Gasteiger partial charge in [0.05, 0.1) is 19.3 Å². The van der Waals surface area contributed by atoms with Crippen molar-refractivity contribution in [2.75, 3.05) is 7.11 Å². The lowest BCUT2D eigenvalue weighted by molar-refractivity contribution is -0.140. The van der Waals surface area contributed by atoms with E-state index >= 15 is 0 Å². The van der Waals surface area contributed by atoms with Gasteiger partial charge in [-0.2, -0.15) is 0 Å². The predicted octanol–water partition coefficient (Wildman–Crippen LogP) is 11.4. The molecule has 1 unspecified atom stereocenters. The first kappa shape index (κ1) is 39.5. The van der Waals surface area contributed by atoms with Gasteiger partial charge < -0.3 is 18.4 Å². The fourth-order valence-electron chi connectivity index (χ4n) is 5.84. The third-order valence-corrected chi connectivity index (χ3v) is 19.8. The summed E-state index contributed by atoms with van der Waals surface area (Å²) >= 11 is 0. The van der Waals surface area contributed by atoms with E-state index in [0.717, 1.165) is 32.1 Å². The Morgan fingerprint density at radius 2 is 1.60 bits per heavy atom. The number of carbonyl (C=O) groups excluding carboxylic acids is 1. The molecule has 0 aliphatic heterocycles. The van der Waals surface area contributed by atoms with Crippen LogP contribution in [0.2, 0.25) is 36.3 Å². The van der Waals surface area contributed by atoms with E-state index in [0.29, 0.717) is 6.42 Å². The van der Waals surface area contributed by atoms with Crippen LogP contribution in [-0.2, 0) is 18.4 Å². The van der Waals surface area contributed by atoms with Crippen LogP contribution in [0.5, 0.6) is 0 Å². The molecular weight excluding hydrogens is 591 g/mol. The maximum atomic E-state index is 11.5. The topological polar surface area (TPSA) is 49.1 Å². The molecule has 1 aliphatic carbocycles. The summed E-state index contributed by atoms with van der Waals surface area (Å²) in [7, 11) is -2.56. The Hall–Kier alpha value is -1.73. The van der Waals surface area contributed by atoms with Gasteiger partial charge in [-0.05, 0) is 73.1 Å². The molecule has 1 fully saturated rings. The summed E-state index contributed by atoms with van der Waals surface area (Å²) in [5.41, 5.74) is 2.54. The van der Waals surface area contributed by atoms with E-state index in [9.17, 15) is 4.79 Å². The summed E-state index contributed by atoms with van der Waals surface area (Å²) in [6, 6.07) is 9.14. The number of hydrogen-bond donors (Lipinski definition) is 0. The lowest BCUT2D eigenvalue weighted by Gasteiger charge is -2.40. The zero-order valence-electron chi connectivity index (χ0n) is 30.8. The number of methoxy groups -OCH3 is 1. The molecule has 0 saturated heterocycles. The van der Waals surface area contributed by atoms with Gasteiger partial charge in [-0.3, -0.25) is 4.79 Å². The SMILES string of the molecule is [C-]#[N+][C@@H]1C[C@H](O[Si](C)(C)C(C)(C)C)[C@H](c2ccc(C(CCCCC)O[Si](C)(C)C(C)(C)C)cc2)[C@H]1C/C=C\CCCC(=O)OC. The maximum Gasteiger partial charge on any atom is 0.305 e. The molecule has 254 valence electrons. The van der Waals surface area contributed by atoms with Gasteiger partial charge in [0, 0.05) is 24.7 Å². The standard InChI is InChI=1S/C38H65NO4Si2/c1-14-15-18-22-33(42-44(10,11)37(2,3)4)29-24-26-30(27-25-29)36-31(21-19-16-17-20-23-35(40)41-9)32(39-8)28-34(36)43-45(12,13)38(5,6)7/h16,19,24-27,31-34,36H,14-15,17-18,20-23,28H2,1-7,9-13H3/b19-16-/t31-,32+,33?,34-,36+/m0/s1. The van der Waals surface area contributed by atoms with Gasteiger partial charge in [0.25, 0.3) is 0 Å². The van der Waals surface area contributed by atoms with E-state index in [1.807, 2.05) is 0 Å². The van der Waals surface area contributed by atoms with E-state index < -0.39 is 16.6 Å². The molecule has 0 bridgehead atoms. The number of ether oxygens (including phenoxy) is 1. The molecule has 0 radical (unpaired) electrons. The second kappa shape index (κ2) is 16.9. The minimum atomic E-state index is -2.05. The number of rotatable bonds is 16. The van der Waals surface area contributed by atoms with Crippen LogP contribution in [0.4, 0.5) is 0 Å². The highest BCUT2D eigenvalue weighted by Gasteiger charge is 2.51. The van der Waals surface area contributed by atoms with Crippen LogP contribution in [0.25, 0.3) is 4.85 Å². The fourth-order valence-corrected chi connectivity index (χ4v) is 8.51. The lowest BCUT2D eigenvalue weighted by atomic mass is 9.83. The summed E-state index contributed by atoms with van der Waals surface area (Å²) in [5.74, 6) is 0.180. The molecule has 1 aromatic carbocycles. The third-order valence-electron chi connectivity index (χ3n) is 10.8. The van der Waals surface area contributed by atoms with E-state index in [4.69, 9.17) is 20.2 Å². The highest BCUT2D eigenvalue weighted by Crippen LogP contribution is 2.49. The van der Waals surface area contributed by atoms with Crippen molar-refractivity contribution in [3.8, 4) is 0 Å². The van der Waals surface area contributed by atoms with Crippen molar-refractivity contribution in [1.29, 1.82) is 0 Å². The Morgan fingerprint density at radius 1 is 0.978 bits per heavy atom. The lowest BCUT2D eigenvalue weighted by Crippen LogP contribution is -2.44. The average molecular weight is 656 g/mol. The van der Waals surface area contributed by atoms with Crippen LogP contribution in [-0.4, -0.2) is 41.9 Å². The summed E-state index contributed by atoms with van der Waals surface area (Å²) in [6.07, 6.45) is 12.8. The van der Waals surface area contributed by atoms with Gasteiger partial charge in [0.2, 0.25) is 6.04 Å². The first-order valence-corrected chi connectivity index (χ1v) is 23.2. The number of allylic oxidation sites excluding steroid dienone is 2. The Morgan fingerprint density at radius 3 is 2.13 bits per heavy atom. The average Bonchev–Trinajstić information content (AvgIpc) is 3.29. The largest absolute Gasteiger partial charge is 0.469 e. The van der Waals surface area contributed by atoms with Gasteiger partial charge >= 0.3 is 5.97 Å². The summed E-state index contributed by atoms with van der Waals surface area (Å²) in [5, 5.41) is 0.252. The number of carbonyl (C=O) groups is 1. The van der Waals surface area contributed by atoms with Gasteiger partial charge in [-0.25, -0.2) is 6.57 Å². The molecule has 5 atom stereocenters. The molecule has 1 aliphatic rings. The van der Waals surface area contributed by atoms with Crippen molar-refractivity contribution >= 4 is 22.6 Å². The van der Waals surface area contributed by atoms with Crippen LogP contribution < -0.4 is 0 Å². The molecule has 7 heteroatoms. The number of benzene rings is 1. The molecule has 2 rings (SSSR count). The monoisotopic (exact) mass is 655 g/mol. The van der Waals surface area contributed by atoms with E-state index in [-0.39, 0.29) is 46.1 Å². The summed E-state index contributed by atoms with van der Waals surface area (Å²) < 4.78 is 18.9. The van der Waals surface area contributed by atoms with Crippen LogP contribution in [0, 0.1) is 12.5 Å². The molecule has 0 N–H and O–H groups in total. The van der Waals surface area contributed by atoms with Crippen LogP contribution in [0.3, 0.4) is 0 Å². The van der Waals surface area contributed by atoms with E-state index in [1.54, 1.807) is 0 Å². The molecule has 1 aromatic rings. The van der Waals surface area contributed by atoms with Crippen molar-refractivity contribution in [2.45, 2.75) is 167 Å². The molecular formula is C38H65NO4Si2. The maximum absolute atomic E-state index is 11.5. The van der Waals surface area contributed by atoms with Crippen molar-refractivity contribution in [3.63, 3.8) is 0 Å². The van der Waals surface area contributed by atoms with Crippen molar-refractivity contribution in [2.24, 2.45) is 5.92 Å². The fraction of sp³-hybridized carbons (Fsp3) is 0.737. The molecule has 5 nitrogen and oxygen atoms in total. The molecule has 1 saturated carbocycles. The van der Waals surface area contributed by atoms with Gasteiger partial charge in [-0.1, -0.05) is 104 Å². The smallest absolute Gasteiger partial charge is 0.305 e. The Bertz CT molecular complexity index is 1120. The number of hydrogen-bond acceptors (Lipinski definition) is 4. The highest BCUT2D eigenvalue weighted by atomic mass is 28.4. The van der Waals surface area contributed by atoms with E-state index in [1.165, 1.54) is 37.5 Å². The molecule has 0 heterocycles. The minimum absolute atomic E-state index is 0.0254. The second-order valence-electron chi connectivity index (χ2n) is 16.2. The van der Waals surface area contributed by atoms with Gasteiger partial charge in [0.1, 0.15) is 0 Å². The second-order valence-corrected chi connectivity index (χ2v) is 25.8. The number of unbranched alkanes of at least 4 members (excludes halogenated alkanes) is 3. The first-order chi connectivity index (χ1) is 20.9. The quantitative estimate of drug-likeness (QED) is 0.0584. The molecule has 0 spiro atoms. The molecule has 0 aromatic heterocycles. The third kappa shape index (κ3) is 11.2. The number of nitrogens with zero attached hydrogens (tertiary/aromatic N) is 1. The van der Waals surface area contributed by atoms with Crippen molar-refractivity contribution < 1.29 is 18.4 Å². The summed E-state index contributed by atoms with van der Waals surface area (Å²) in [6.45, 7) is 33.6. The highest BCUT2D eigenvalue weighted by molar-refractivity contribution is 6.74. The predicted molar refractivity (Wildman–Crippen MR) is 195 cm³/mol. The Labute approximate surface area is 279 Å². The Balaban J connectivity index is 2.42. The van der Waals surface area contributed by atoms with Crippen LogP contribution in [0.1, 0.15) is 129 Å². The minimum Gasteiger partial charge on any atom is -0.469 e. The number of esters is 1. The molecule has 45 heavy (non-hydrogen) atoms. The van der Waals surface area contributed by atoms with Gasteiger partial charge in [-0.15, -0.1) is 0 Å². The van der Waals surface area contributed by atoms with E-state index in [2.05, 4.69) is 116 Å². The van der Waals surface area contributed by atoms with Crippen molar-refractivity contribution in [1.82, 2.24) is 0 Å². The summed E-state index contributed by atoms with van der Waals surface area (Å²) in [4.78, 5) is 15.7. The van der Waals surface area contributed by atoms with Gasteiger partial charge in [0.15, 0.2) is 16.6 Å². The van der Waals surface area contributed by atoms with Crippen molar-refractivity contribution in [3.05, 3.63) is 59.0 Å². The zero-order valence-corrected chi connectivity index (χ0v) is 32.8. The molecule has 0 amide bonds. The Kier molecular flexibility index (Phi) is 14.8.